The summed E-state index contributed by atoms with van der Waals surface area (Å²) in [4.78, 5) is 10.6. The van der Waals surface area contributed by atoms with Crippen LogP contribution in [0, 0.1) is 25.2 Å². The van der Waals surface area contributed by atoms with Crippen LogP contribution in [-0.2, 0) is 0 Å². The van der Waals surface area contributed by atoms with E-state index >= 15 is 0 Å². The normalized spacial score (nSPS) is 9.08. The van der Waals surface area contributed by atoms with E-state index in [1.165, 1.54) is 0 Å². The Morgan fingerprint density at radius 2 is 1.92 bits per heavy atom. The quantitative estimate of drug-likeness (QED) is 0.588. The van der Waals surface area contributed by atoms with E-state index in [1.54, 1.807) is 0 Å². The second kappa shape index (κ2) is 3.19. The molecule has 0 aliphatic carbocycles. The lowest BCUT2D eigenvalue weighted by atomic mass is 9.99. The maximum Gasteiger partial charge on any atom is 0.151 e. The van der Waals surface area contributed by atoms with Crippen molar-refractivity contribution >= 4 is 6.29 Å². The van der Waals surface area contributed by atoms with Crippen LogP contribution in [0.5, 0.6) is 0 Å². The van der Waals surface area contributed by atoms with Gasteiger partial charge >= 0.3 is 0 Å². The maximum atomic E-state index is 10.6. The molecule has 0 amide bonds. The van der Waals surface area contributed by atoms with Gasteiger partial charge in [0.15, 0.2) is 6.29 Å². The third-order valence-corrected chi connectivity index (χ3v) is 1.90. The molecular weight excluding hydrogens is 150 g/mol. The van der Waals surface area contributed by atoms with Gasteiger partial charge in [0.1, 0.15) is 6.07 Å². The summed E-state index contributed by atoms with van der Waals surface area (Å²) in [7, 11) is 0. The SMILES string of the molecule is Cc1ccc(C)c(C=O)c1C#N. The summed E-state index contributed by atoms with van der Waals surface area (Å²) in [6.45, 7) is 3.65. The molecule has 0 saturated carbocycles. The molecule has 0 bridgehead atoms. The van der Waals surface area contributed by atoms with Gasteiger partial charge in [-0.25, -0.2) is 0 Å². The third kappa shape index (κ3) is 1.22. The Hall–Kier alpha value is -1.62. The summed E-state index contributed by atoms with van der Waals surface area (Å²) in [6.07, 6.45) is 0.737. The van der Waals surface area contributed by atoms with Crippen molar-refractivity contribution < 1.29 is 4.79 Å². The summed E-state index contributed by atoms with van der Waals surface area (Å²) in [5, 5.41) is 8.75. The lowest BCUT2D eigenvalue weighted by Crippen LogP contribution is -1.94. The van der Waals surface area contributed by atoms with E-state index < -0.39 is 0 Å². The Kier molecular flexibility index (Phi) is 2.25. The second-order valence-electron chi connectivity index (χ2n) is 2.72. The molecule has 0 aliphatic heterocycles. The highest BCUT2D eigenvalue weighted by molar-refractivity contribution is 5.82. The lowest BCUT2D eigenvalue weighted by Gasteiger charge is -2.02. The van der Waals surface area contributed by atoms with Crippen LogP contribution in [0.15, 0.2) is 12.1 Å². The molecule has 0 spiro atoms. The zero-order chi connectivity index (χ0) is 9.14. The molecule has 2 heteroatoms. The second-order valence-corrected chi connectivity index (χ2v) is 2.72. The molecule has 0 aromatic heterocycles. The van der Waals surface area contributed by atoms with Crippen LogP contribution in [0.2, 0.25) is 0 Å². The molecule has 12 heavy (non-hydrogen) atoms. The fraction of sp³-hybridized carbons (Fsp3) is 0.200. The van der Waals surface area contributed by atoms with Crippen LogP contribution >= 0.6 is 0 Å². The molecule has 0 heterocycles. The molecule has 0 atom stereocenters. The Morgan fingerprint density at radius 3 is 2.33 bits per heavy atom. The lowest BCUT2D eigenvalue weighted by molar-refractivity contribution is 0.112. The van der Waals surface area contributed by atoms with E-state index in [0.29, 0.717) is 11.1 Å². The molecule has 0 fully saturated rings. The molecule has 0 aliphatic rings. The minimum absolute atomic E-state index is 0.491. The van der Waals surface area contributed by atoms with Crippen molar-refractivity contribution in [2.24, 2.45) is 0 Å². The van der Waals surface area contributed by atoms with Crippen molar-refractivity contribution in [3.05, 3.63) is 34.4 Å². The van der Waals surface area contributed by atoms with Gasteiger partial charge in [-0.1, -0.05) is 12.1 Å². The van der Waals surface area contributed by atoms with Crippen molar-refractivity contribution in [3.8, 4) is 6.07 Å². The maximum absolute atomic E-state index is 10.6. The molecule has 0 unspecified atom stereocenters. The van der Waals surface area contributed by atoms with Gasteiger partial charge in [-0.15, -0.1) is 0 Å². The summed E-state index contributed by atoms with van der Waals surface area (Å²) in [5.41, 5.74) is 2.71. The fourth-order valence-electron chi connectivity index (χ4n) is 1.13. The van der Waals surface area contributed by atoms with Crippen molar-refractivity contribution in [3.63, 3.8) is 0 Å². The Balaban J connectivity index is 3.52. The number of hydrogen-bond donors (Lipinski definition) is 0. The number of hydrogen-bond acceptors (Lipinski definition) is 2. The highest BCUT2D eigenvalue weighted by Gasteiger charge is 2.06. The number of rotatable bonds is 1. The number of aldehydes is 1. The Morgan fingerprint density at radius 1 is 1.33 bits per heavy atom. The average Bonchev–Trinajstić information content (AvgIpc) is 2.08. The van der Waals surface area contributed by atoms with E-state index in [9.17, 15) is 4.79 Å². The van der Waals surface area contributed by atoms with Gasteiger partial charge in [0.05, 0.1) is 5.56 Å². The first-order chi connectivity index (χ1) is 5.70. The van der Waals surface area contributed by atoms with Crippen molar-refractivity contribution in [1.82, 2.24) is 0 Å². The number of aryl methyl sites for hydroxylation is 2. The molecular formula is C10H9NO. The summed E-state index contributed by atoms with van der Waals surface area (Å²) < 4.78 is 0. The minimum Gasteiger partial charge on any atom is -0.298 e. The van der Waals surface area contributed by atoms with Crippen molar-refractivity contribution in [2.75, 3.05) is 0 Å². The first-order valence-corrected chi connectivity index (χ1v) is 3.66. The third-order valence-electron chi connectivity index (χ3n) is 1.90. The van der Waals surface area contributed by atoms with Gasteiger partial charge in [0, 0.05) is 5.56 Å². The topological polar surface area (TPSA) is 40.9 Å². The van der Waals surface area contributed by atoms with E-state index in [0.717, 1.165) is 17.4 Å². The zero-order valence-electron chi connectivity index (χ0n) is 7.09. The Bertz CT molecular complexity index is 361. The van der Waals surface area contributed by atoms with Crippen LogP contribution in [0.25, 0.3) is 0 Å². The van der Waals surface area contributed by atoms with Gasteiger partial charge < -0.3 is 0 Å². The van der Waals surface area contributed by atoms with Gasteiger partial charge in [0.2, 0.25) is 0 Å². The summed E-state index contributed by atoms with van der Waals surface area (Å²) >= 11 is 0. The molecule has 1 rings (SSSR count). The van der Waals surface area contributed by atoms with Gasteiger partial charge in [-0.05, 0) is 25.0 Å². The zero-order valence-corrected chi connectivity index (χ0v) is 7.09. The van der Waals surface area contributed by atoms with Crippen molar-refractivity contribution in [2.45, 2.75) is 13.8 Å². The predicted molar refractivity (Wildman–Crippen MR) is 46.0 cm³/mol. The molecule has 0 saturated heterocycles. The standard InChI is InChI=1S/C10H9NO/c1-7-3-4-8(2)10(6-12)9(7)5-11/h3-4,6H,1-2H3. The van der Waals surface area contributed by atoms with Gasteiger partial charge in [-0.2, -0.15) is 5.26 Å². The average molecular weight is 159 g/mol. The molecule has 0 radical (unpaired) electrons. The number of carbonyl (C=O) groups is 1. The predicted octanol–water partition coefficient (Wildman–Crippen LogP) is 1.99. The van der Waals surface area contributed by atoms with Crippen LogP contribution in [0.3, 0.4) is 0 Å². The Labute approximate surface area is 71.4 Å². The van der Waals surface area contributed by atoms with E-state index in [4.69, 9.17) is 5.26 Å². The number of carbonyl (C=O) groups excluding carboxylic acids is 1. The van der Waals surface area contributed by atoms with Crippen LogP contribution < -0.4 is 0 Å². The monoisotopic (exact) mass is 159 g/mol. The fourth-order valence-corrected chi connectivity index (χ4v) is 1.13. The van der Waals surface area contributed by atoms with Gasteiger partial charge in [0.25, 0.3) is 0 Å². The highest BCUT2D eigenvalue weighted by Crippen LogP contribution is 2.15. The molecule has 0 N–H and O–H groups in total. The number of benzene rings is 1. The largest absolute Gasteiger partial charge is 0.298 e. The molecule has 2 nitrogen and oxygen atoms in total. The van der Waals surface area contributed by atoms with Gasteiger partial charge in [-0.3, -0.25) is 4.79 Å². The number of nitrogens with zero attached hydrogens (tertiary/aromatic N) is 1. The summed E-state index contributed by atoms with van der Waals surface area (Å²) in [6, 6.07) is 5.72. The minimum atomic E-state index is 0.491. The van der Waals surface area contributed by atoms with E-state index in [1.807, 2.05) is 32.0 Å². The van der Waals surface area contributed by atoms with Crippen LogP contribution in [0.1, 0.15) is 27.0 Å². The van der Waals surface area contributed by atoms with E-state index in [2.05, 4.69) is 0 Å². The first kappa shape index (κ1) is 8.48. The first-order valence-electron chi connectivity index (χ1n) is 3.66. The van der Waals surface area contributed by atoms with E-state index in [-0.39, 0.29) is 0 Å². The van der Waals surface area contributed by atoms with Crippen LogP contribution in [0.4, 0.5) is 0 Å². The highest BCUT2D eigenvalue weighted by atomic mass is 16.1. The smallest absolute Gasteiger partial charge is 0.151 e. The molecule has 1 aromatic rings. The number of nitriles is 1. The van der Waals surface area contributed by atoms with Crippen molar-refractivity contribution in [1.29, 1.82) is 5.26 Å². The molecule has 1 aromatic carbocycles. The summed E-state index contributed by atoms with van der Waals surface area (Å²) in [5.74, 6) is 0. The molecule has 60 valence electrons. The van der Waals surface area contributed by atoms with Crippen LogP contribution in [-0.4, -0.2) is 6.29 Å².